The third kappa shape index (κ3) is 3.18. The number of nitrogens with zero attached hydrogens (tertiary/aromatic N) is 3. The molecule has 1 saturated carbocycles. The maximum absolute atomic E-state index is 10.5. The monoisotopic (exact) mass is 283 g/mol. The van der Waals surface area contributed by atoms with Gasteiger partial charge in [0.05, 0.1) is 5.60 Å². The van der Waals surface area contributed by atoms with Crippen LogP contribution < -0.4 is 4.90 Å². The van der Waals surface area contributed by atoms with Crippen LogP contribution >= 0.6 is 11.6 Å². The summed E-state index contributed by atoms with van der Waals surface area (Å²) in [7, 11) is 1.96. The number of hydrogen-bond donors (Lipinski definition) is 1. The van der Waals surface area contributed by atoms with Crippen molar-refractivity contribution in [2.45, 2.75) is 51.6 Å². The Morgan fingerprint density at radius 1 is 1.32 bits per heavy atom. The molecule has 0 spiro atoms. The number of halogens is 1. The minimum absolute atomic E-state index is 0.507. The maximum Gasteiger partial charge on any atom is 0.137 e. The van der Waals surface area contributed by atoms with Crippen LogP contribution in [0.4, 0.5) is 5.82 Å². The van der Waals surface area contributed by atoms with Gasteiger partial charge in [0, 0.05) is 25.6 Å². The van der Waals surface area contributed by atoms with Crippen molar-refractivity contribution in [1.82, 2.24) is 9.97 Å². The zero-order valence-electron chi connectivity index (χ0n) is 11.9. The molecule has 4 nitrogen and oxygen atoms in total. The Bertz CT molecular complexity index is 458. The summed E-state index contributed by atoms with van der Waals surface area (Å²) in [5, 5.41) is 11.0. The van der Waals surface area contributed by atoms with Crippen molar-refractivity contribution >= 4 is 17.4 Å². The van der Waals surface area contributed by atoms with E-state index in [4.69, 9.17) is 11.6 Å². The van der Waals surface area contributed by atoms with Gasteiger partial charge >= 0.3 is 0 Å². The molecule has 0 saturated heterocycles. The minimum atomic E-state index is -0.578. The van der Waals surface area contributed by atoms with Gasteiger partial charge in [-0.15, -0.1) is 0 Å². The highest BCUT2D eigenvalue weighted by Gasteiger charge is 2.33. The first-order chi connectivity index (χ1) is 8.95. The Hall–Kier alpha value is -0.870. The highest BCUT2D eigenvalue weighted by Crippen LogP contribution is 2.32. The SMILES string of the molecule is CCc1nc(Cl)c(C)c(N(C)CC2(O)CCCC2)n1. The van der Waals surface area contributed by atoms with Crippen LogP contribution in [0.3, 0.4) is 0 Å². The van der Waals surface area contributed by atoms with Gasteiger partial charge in [0.25, 0.3) is 0 Å². The standard InChI is InChI=1S/C14H22ClN3O/c1-4-11-16-12(15)10(2)13(17-11)18(3)9-14(19)7-5-6-8-14/h19H,4-9H2,1-3H3. The summed E-state index contributed by atoms with van der Waals surface area (Å²) in [5.41, 5.74) is 0.299. The number of anilines is 1. The van der Waals surface area contributed by atoms with E-state index in [1.165, 1.54) is 0 Å². The molecular formula is C14H22ClN3O. The Morgan fingerprint density at radius 3 is 2.53 bits per heavy atom. The van der Waals surface area contributed by atoms with E-state index in [0.717, 1.165) is 49.3 Å². The van der Waals surface area contributed by atoms with Gasteiger partial charge in [-0.1, -0.05) is 31.4 Å². The largest absolute Gasteiger partial charge is 0.388 e. The van der Waals surface area contributed by atoms with Gasteiger partial charge in [0.15, 0.2) is 0 Å². The zero-order valence-corrected chi connectivity index (χ0v) is 12.7. The molecule has 0 amide bonds. The quantitative estimate of drug-likeness (QED) is 0.863. The summed E-state index contributed by atoms with van der Waals surface area (Å²) in [6.45, 7) is 4.53. The first-order valence-electron chi connectivity index (χ1n) is 6.92. The molecule has 2 rings (SSSR count). The van der Waals surface area contributed by atoms with Gasteiger partial charge in [-0.3, -0.25) is 0 Å². The molecule has 1 aromatic heterocycles. The lowest BCUT2D eigenvalue weighted by atomic mass is 10.0. The van der Waals surface area contributed by atoms with Crippen molar-refractivity contribution in [3.63, 3.8) is 0 Å². The van der Waals surface area contributed by atoms with E-state index in [2.05, 4.69) is 9.97 Å². The van der Waals surface area contributed by atoms with Crippen molar-refractivity contribution in [1.29, 1.82) is 0 Å². The number of aryl methyl sites for hydroxylation is 1. The molecule has 19 heavy (non-hydrogen) atoms. The fourth-order valence-corrected chi connectivity index (χ4v) is 2.94. The van der Waals surface area contributed by atoms with E-state index in [-0.39, 0.29) is 0 Å². The molecule has 1 aliphatic carbocycles. The average molecular weight is 284 g/mol. The molecule has 1 fully saturated rings. The van der Waals surface area contributed by atoms with Crippen molar-refractivity contribution in [3.05, 3.63) is 16.5 Å². The van der Waals surface area contributed by atoms with E-state index in [9.17, 15) is 5.11 Å². The molecule has 0 atom stereocenters. The van der Waals surface area contributed by atoms with Crippen LogP contribution in [0.5, 0.6) is 0 Å². The summed E-state index contributed by atoms with van der Waals surface area (Å²) < 4.78 is 0. The van der Waals surface area contributed by atoms with E-state index in [1.807, 2.05) is 25.8 Å². The highest BCUT2D eigenvalue weighted by atomic mass is 35.5. The van der Waals surface area contributed by atoms with Crippen LogP contribution in [0.2, 0.25) is 5.15 Å². The van der Waals surface area contributed by atoms with Crippen LogP contribution in [0, 0.1) is 6.92 Å². The predicted octanol–water partition coefficient (Wildman–Crippen LogP) is 2.74. The molecule has 0 unspecified atom stereocenters. The van der Waals surface area contributed by atoms with Gasteiger partial charge in [-0.25, -0.2) is 9.97 Å². The first-order valence-corrected chi connectivity index (χ1v) is 7.29. The molecule has 1 aromatic rings. The molecule has 0 bridgehead atoms. The Balaban J connectivity index is 2.22. The Morgan fingerprint density at radius 2 is 1.95 bits per heavy atom. The van der Waals surface area contributed by atoms with Crippen molar-refractivity contribution < 1.29 is 5.11 Å². The third-order valence-electron chi connectivity index (χ3n) is 3.85. The van der Waals surface area contributed by atoms with Gasteiger partial charge in [0.2, 0.25) is 0 Å². The molecule has 0 radical (unpaired) electrons. The van der Waals surface area contributed by atoms with Crippen molar-refractivity contribution in [2.24, 2.45) is 0 Å². The summed E-state index contributed by atoms with van der Waals surface area (Å²) in [5.74, 6) is 1.58. The predicted molar refractivity (Wildman–Crippen MR) is 77.8 cm³/mol. The molecule has 5 heteroatoms. The molecule has 1 heterocycles. The fraction of sp³-hybridized carbons (Fsp3) is 0.714. The van der Waals surface area contributed by atoms with Gasteiger partial charge < -0.3 is 10.0 Å². The summed E-state index contributed by atoms with van der Waals surface area (Å²) in [6.07, 6.45) is 4.71. The summed E-state index contributed by atoms with van der Waals surface area (Å²) >= 11 is 6.15. The van der Waals surface area contributed by atoms with E-state index in [1.54, 1.807) is 0 Å². The molecule has 0 aromatic carbocycles. The van der Waals surface area contributed by atoms with Crippen molar-refractivity contribution in [3.8, 4) is 0 Å². The average Bonchev–Trinajstić information content (AvgIpc) is 2.78. The lowest BCUT2D eigenvalue weighted by molar-refractivity contribution is 0.0557. The number of aromatic nitrogens is 2. The number of likely N-dealkylation sites (N-methyl/N-ethyl adjacent to an activating group) is 1. The van der Waals surface area contributed by atoms with E-state index >= 15 is 0 Å². The van der Waals surface area contributed by atoms with Gasteiger partial charge in [-0.05, 0) is 19.8 Å². The fourth-order valence-electron chi connectivity index (χ4n) is 2.76. The molecular weight excluding hydrogens is 262 g/mol. The maximum atomic E-state index is 10.5. The molecule has 0 aliphatic heterocycles. The van der Waals surface area contributed by atoms with Crippen LogP contribution in [0.15, 0.2) is 0 Å². The van der Waals surface area contributed by atoms with Gasteiger partial charge in [0.1, 0.15) is 16.8 Å². The smallest absolute Gasteiger partial charge is 0.137 e. The second-order valence-corrected chi connectivity index (χ2v) is 5.88. The number of aliphatic hydroxyl groups is 1. The van der Waals surface area contributed by atoms with Crippen molar-refractivity contribution in [2.75, 3.05) is 18.5 Å². The van der Waals surface area contributed by atoms with Crippen LogP contribution in [0.25, 0.3) is 0 Å². The lowest BCUT2D eigenvalue weighted by Gasteiger charge is -2.30. The van der Waals surface area contributed by atoms with E-state index < -0.39 is 5.60 Å². The second kappa shape index (κ2) is 5.63. The normalized spacial score (nSPS) is 17.7. The van der Waals surface area contributed by atoms with E-state index in [0.29, 0.717) is 11.7 Å². The second-order valence-electron chi connectivity index (χ2n) is 5.52. The van der Waals surface area contributed by atoms with Crippen LogP contribution in [-0.4, -0.2) is 34.3 Å². The van der Waals surface area contributed by atoms with Crippen LogP contribution in [-0.2, 0) is 6.42 Å². The first kappa shape index (κ1) is 14.5. The summed E-state index contributed by atoms with van der Waals surface area (Å²) in [4.78, 5) is 10.8. The Labute approximate surface area is 119 Å². The van der Waals surface area contributed by atoms with Crippen LogP contribution in [0.1, 0.15) is 44.0 Å². The minimum Gasteiger partial charge on any atom is -0.388 e. The Kier molecular flexibility index (Phi) is 4.31. The van der Waals surface area contributed by atoms with Gasteiger partial charge in [-0.2, -0.15) is 0 Å². The number of rotatable bonds is 4. The topological polar surface area (TPSA) is 49.2 Å². The zero-order chi connectivity index (χ0) is 14.0. The lowest BCUT2D eigenvalue weighted by Crippen LogP contribution is -2.40. The number of hydrogen-bond acceptors (Lipinski definition) is 4. The molecule has 106 valence electrons. The third-order valence-corrected chi connectivity index (χ3v) is 4.22. The molecule has 1 aliphatic rings. The molecule has 1 N–H and O–H groups in total. The summed E-state index contributed by atoms with van der Waals surface area (Å²) in [6, 6.07) is 0. The highest BCUT2D eigenvalue weighted by molar-refractivity contribution is 6.30.